The summed E-state index contributed by atoms with van der Waals surface area (Å²) in [7, 11) is 0. The van der Waals surface area contributed by atoms with Crippen molar-refractivity contribution in [3.05, 3.63) is 98.8 Å². The summed E-state index contributed by atoms with van der Waals surface area (Å²) >= 11 is 12.1. The fourth-order valence-corrected chi connectivity index (χ4v) is 3.78. The van der Waals surface area contributed by atoms with E-state index in [1.54, 1.807) is 0 Å². The second-order valence-electron chi connectivity index (χ2n) is 7.72. The molecular weight excluding hydrogens is 539 g/mol. The molecule has 0 radical (unpaired) electrons. The van der Waals surface area contributed by atoms with Gasteiger partial charge in [-0.1, -0.05) is 35.3 Å². The summed E-state index contributed by atoms with van der Waals surface area (Å²) in [5.74, 6) is -2.54. The third-order valence-electron chi connectivity index (χ3n) is 5.20. The van der Waals surface area contributed by atoms with Gasteiger partial charge in [-0.15, -0.1) is 0 Å². The van der Waals surface area contributed by atoms with Crippen LogP contribution in [0.3, 0.4) is 0 Å². The Hall–Kier alpha value is -3.89. The van der Waals surface area contributed by atoms with Gasteiger partial charge < -0.3 is 4.74 Å². The van der Waals surface area contributed by atoms with Crippen LogP contribution in [0.15, 0.2) is 66.2 Å². The summed E-state index contributed by atoms with van der Waals surface area (Å²) in [5, 5.41) is 1.82. The van der Waals surface area contributed by atoms with E-state index in [1.807, 2.05) is 5.32 Å². The van der Waals surface area contributed by atoms with E-state index < -0.39 is 46.7 Å². The number of hydrogen-bond donors (Lipinski definition) is 1. The van der Waals surface area contributed by atoms with Crippen LogP contribution >= 0.6 is 23.2 Å². The van der Waals surface area contributed by atoms with E-state index in [0.717, 1.165) is 12.1 Å². The molecule has 0 aromatic heterocycles. The predicted molar refractivity (Wildman–Crippen MR) is 128 cm³/mol. The Kier molecular flexibility index (Phi) is 7.24. The highest BCUT2D eigenvalue weighted by atomic mass is 35.5. The van der Waals surface area contributed by atoms with E-state index >= 15 is 0 Å². The average Bonchev–Trinajstić information content (AvgIpc) is 2.82. The number of nitrogens with one attached hydrogen (secondary N) is 1. The van der Waals surface area contributed by atoms with Crippen molar-refractivity contribution in [1.82, 2.24) is 5.32 Å². The molecule has 0 spiro atoms. The molecule has 4 amide bonds. The molecule has 1 saturated heterocycles. The maximum atomic E-state index is 13.2. The number of imide groups is 2. The summed E-state index contributed by atoms with van der Waals surface area (Å²) in [6.07, 6.45) is -3.69. The quantitative estimate of drug-likeness (QED) is 0.226. The molecule has 1 heterocycles. The SMILES string of the molecule is O=C1NC(=O)N(c2cc(C(F)(F)F)ccc2Cl)C(=O)/C1=C\c1cc(Cl)ccc1OCc1ccc(F)cc1. The average molecular weight is 553 g/mol. The van der Waals surface area contributed by atoms with Crippen LogP contribution in [0, 0.1) is 5.82 Å². The first kappa shape index (κ1) is 26.2. The Bertz CT molecular complexity index is 1440. The zero-order chi connectivity index (χ0) is 26.9. The molecule has 6 nitrogen and oxygen atoms in total. The molecule has 0 atom stereocenters. The molecule has 37 heavy (non-hydrogen) atoms. The van der Waals surface area contributed by atoms with Crippen LogP contribution in [0.5, 0.6) is 5.75 Å². The first-order valence-electron chi connectivity index (χ1n) is 10.4. The van der Waals surface area contributed by atoms with Gasteiger partial charge in [0.1, 0.15) is 23.7 Å². The summed E-state index contributed by atoms with van der Waals surface area (Å²) in [5.41, 5.74) is -1.51. The van der Waals surface area contributed by atoms with Gasteiger partial charge in [0.15, 0.2) is 0 Å². The predicted octanol–water partition coefficient (Wildman–Crippen LogP) is 6.40. The van der Waals surface area contributed by atoms with Crippen molar-refractivity contribution < 1.29 is 36.7 Å². The highest BCUT2D eigenvalue weighted by Gasteiger charge is 2.39. The van der Waals surface area contributed by atoms with Crippen LogP contribution in [0.1, 0.15) is 16.7 Å². The van der Waals surface area contributed by atoms with Crippen molar-refractivity contribution in [2.75, 3.05) is 4.90 Å². The van der Waals surface area contributed by atoms with Gasteiger partial charge in [-0.3, -0.25) is 14.9 Å². The van der Waals surface area contributed by atoms with Crippen molar-refractivity contribution in [3.63, 3.8) is 0 Å². The Labute approximate surface area is 217 Å². The number of halogens is 6. The van der Waals surface area contributed by atoms with E-state index in [2.05, 4.69) is 0 Å². The highest BCUT2D eigenvalue weighted by molar-refractivity contribution is 6.42. The number of amides is 4. The number of carbonyl (C=O) groups is 3. The number of anilines is 1. The van der Waals surface area contributed by atoms with Gasteiger partial charge in [0.25, 0.3) is 11.8 Å². The third kappa shape index (κ3) is 5.76. The van der Waals surface area contributed by atoms with Crippen LogP contribution in [0.25, 0.3) is 6.08 Å². The number of nitrogens with zero attached hydrogens (tertiary/aromatic N) is 1. The van der Waals surface area contributed by atoms with Crippen LogP contribution < -0.4 is 15.0 Å². The first-order chi connectivity index (χ1) is 17.4. The first-order valence-corrected chi connectivity index (χ1v) is 11.1. The second kappa shape index (κ2) is 10.2. The van der Waals surface area contributed by atoms with Gasteiger partial charge in [0, 0.05) is 10.6 Å². The minimum Gasteiger partial charge on any atom is -0.488 e. The number of carbonyl (C=O) groups excluding carboxylic acids is 3. The molecule has 4 rings (SSSR count). The smallest absolute Gasteiger partial charge is 0.416 e. The molecule has 0 unspecified atom stereocenters. The maximum Gasteiger partial charge on any atom is 0.416 e. The molecule has 1 aliphatic rings. The zero-order valence-electron chi connectivity index (χ0n) is 18.4. The lowest BCUT2D eigenvalue weighted by Gasteiger charge is -2.27. The lowest BCUT2D eigenvalue weighted by molar-refractivity contribution is -0.137. The monoisotopic (exact) mass is 552 g/mol. The fraction of sp³-hybridized carbons (Fsp3) is 0.0800. The van der Waals surface area contributed by atoms with Gasteiger partial charge in [0.2, 0.25) is 0 Å². The molecule has 3 aromatic carbocycles. The van der Waals surface area contributed by atoms with Crippen molar-refractivity contribution in [2.45, 2.75) is 12.8 Å². The van der Waals surface area contributed by atoms with Crippen LogP contribution in [-0.2, 0) is 22.4 Å². The number of benzene rings is 3. The maximum absolute atomic E-state index is 13.2. The van der Waals surface area contributed by atoms with E-state index in [0.29, 0.717) is 22.6 Å². The molecule has 1 fully saturated rings. The van der Waals surface area contributed by atoms with E-state index in [9.17, 15) is 31.9 Å². The van der Waals surface area contributed by atoms with Crippen molar-refractivity contribution >= 4 is 52.8 Å². The molecular formula is C25H14Cl2F4N2O4. The second-order valence-corrected chi connectivity index (χ2v) is 8.56. The minimum atomic E-state index is -4.78. The van der Waals surface area contributed by atoms with Gasteiger partial charge >= 0.3 is 12.2 Å². The molecule has 12 heteroatoms. The number of urea groups is 1. The highest BCUT2D eigenvalue weighted by Crippen LogP contribution is 2.37. The molecule has 1 aliphatic heterocycles. The zero-order valence-corrected chi connectivity index (χ0v) is 19.9. The van der Waals surface area contributed by atoms with Crippen molar-refractivity contribution in [1.29, 1.82) is 0 Å². The number of hydrogen-bond acceptors (Lipinski definition) is 4. The standard InChI is InChI=1S/C25H14Cl2F4N2O4/c26-16-4-8-21(37-12-13-1-5-17(28)6-2-13)14(9-16)10-18-22(34)32-24(36)33(23(18)35)20-11-15(25(29,30)31)3-7-19(20)27/h1-11H,12H2,(H,32,34,36)/b18-10-. The van der Waals surface area contributed by atoms with Gasteiger partial charge in [-0.25, -0.2) is 14.1 Å². The number of rotatable bonds is 5. The van der Waals surface area contributed by atoms with E-state index in [4.69, 9.17) is 27.9 Å². The normalized spacial score (nSPS) is 15.2. The Balaban J connectivity index is 1.71. The van der Waals surface area contributed by atoms with Gasteiger partial charge in [0.05, 0.1) is 16.3 Å². The summed E-state index contributed by atoms with van der Waals surface area (Å²) < 4.78 is 58.6. The summed E-state index contributed by atoms with van der Waals surface area (Å²) in [6, 6.07) is 10.7. The molecule has 190 valence electrons. The van der Waals surface area contributed by atoms with Crippen LogP contribution in [0.4, 0.5) is 28.0 Å². The Morgan fingerprint density at radius 3 is 2.32 bits per heavy atom. The third-order valence-corrected chi connectivity index (χ3v) is 5.75. The summed E-state index contributed by atoms with van der Waals surface area (Å²) in [4.78, 5) is 38.5. The number of alkyl halides is 3. The summed E-state index contributed by atoms with van der Waals surface area (Å²) in [6.45, 7) is 0.00266. The molecule has 1 N–H and O–H groups in total. The van der Waals surface area contributed by atoms with Crippen molar-refractivity contribution in [2.24, 2.45) is 0 Å². The lowest BCUT2D eigenvalue weighted by Crippen LogP contribution is -2.54. The number of ether oxygens (including phenoxy) is 1. The van der Waals surface area contributed by atoms with E-state index in [1.165, 1.54) is 42.5 Å². The number of barbiturate groups is 1. The van der Waals surface area contributed by atoms with E-state index in [-0.39, 0.29) is 28.0 Å². The molecule has 0 saturated carbocycles. The van der Waals surface area contributed by atoms with Gasteiger partial charge in [-0.05, 0) is 60.2 Å². The van der Waals surface area contributed by atoms with Gasteiger partial charge in [-0.2, -0.15) is 13.2 Å². The molecule has 0 bridgehead atoms. The van der Waals surface area contributed by atoms with Crippen LogP contribution in [-0.4, -0.2) is 17.8 Å². The van der Waals surface area contributed by atoms with Crippen molar-refractivity contribution in [3.8, 4) is 5.75 Å². The largest absolute Gasteiger partial charge is 0.488 e. The molecule has 0 aliphatic carbocycles. The Morgan fingerprint density at radius 1 is 0.946 bits per heavy atom. The minimum absolute atomic E-state index is 0.00266. The molecule has 3 aromatic rings. The fourth-order valence-electron chi connectivity index (χ4n) is 3.40. The lowest BCUT2D eigenvalue weighted by atomic mass is 10.1. The van der Waals surface area contributed by atoms with Crippen LogP contribution in [0.2, 0.25) is 10.0 Å². The Morgan fingerprint density at radius 2 is 1.65 bits per heavy atom. The topological polar surface area (TPSA) is 75.7 Å².